The van der Waals surface area contributed by atoms with Crippen molar-refractivity contribution in [2.75, 3.05) is 26.0 Å². The molecule has 0 aliphatic carbocycles. The van der Waals surface area contributed by atoms with Crippen LogP contribution in [-0.4, -0.2) is 53.0 Å². The van der Waals surface area contributed by atoms with E-state index >= 15 is 0 Å². The molecule has 1 unspecified atom stereocenters. The molecule has 1 aromatic carbocycles. The highest BCUT2D eigenvalue weighted by Crippen LogP contribution is 2.25. The number of carbonyl (C=O) groups excluding carboxylic acids is 3. The van der Waals surface area contributed by atoms with Gasteiger partial charge in [0, 0.05) is 51.4 Å². The molecule has 0 saturated heterocycles. The minimum absolute atomic E-state index is 0.0145. The summed E-state index contributed by atoms with van der Waals surface area (Å²) in [5.41, 5.74) is 1.23. The summed E-state index contributed by atoms with van der Waals surface area (Å²) in [6.45, 7) is 0.689. The van der Waals surface area contributed by atoms with Crippen molar-refractivity contribution < 1.29 is 14.4 Å². The Balaban J connectivity index is 1.65. The number of fused-ring (bicyclic) bond motifs is 1. The number of rotatable bonds is 5. The second kappa shape index (κ2) is 7.38. The molecule has 8 heteroatoms. The van der Waals surface area contributed by atoms with E-state index in [1.807, 2.05) is 6.07 Å². The monoisotopic (exact) mass is 355 g/mol. The molecule has 2 heterocycles. The van der Waals surface area contributed by atoms with Crippen LogP contribution in [-0.2, 0) is 16.1 Å². The summed E-state index contributed by atoms with van der Waals surface area (Å²) < 4.78 is 1.62. The van der Waals surface area contributed by atoms with E-state index in [4.69, 9.17) is 0 Å². The SMILES string of the molecule is CN(C)C(=O)CCn1ccc(NC(=O)C2CNC(=O)c3ccccc32)n1. The summed E-state index contributed by atoms with van der Waals surface area (Å²) in [6.07, 6.45) is 2.05. The third-order valence-corrected chi connectivity index (χ3v) is 4.31. The molecule has 136 valence electrons. The first kappa shape index (κ1) is 17.7. The molecule has 2 aromatic rings. The number of aryl methyl sites for hydroxylation is 1. The molecular weight excluding hydrogens is 334 g/mol. The van der Waals surface area contributed by atoms with E-state index in [2.05, 4.69) is 15.7 Å². The fraction of sp³-hybridized carbons (Fsp3) is 0.333. The molecule has 0 fully saturated rings. The Morgan fingerprint density at radius 3 is 2.85 bits per heavy atom. The van der Waals surface area contributed by atoms with Crippen molar-refractivity contribution in [2.45, 2.75) is 18.9 Å². The Bertz CT molecular complexity index is 843. The van der Waals surface area contributed by atoms with Gasteiger partial charge >= 0.3 is 0 Å². The van der Waals surface area contributed by atoms with Gasteiger partial charge in [-0.3, -0.25) is 19.1 Å². The zero-order valence-electron chi connectivity index (χ0n) is 14.7. The molecule has 1 aromatic heterocycles. The number of nitrogens with zero attached hydrogens (tertiary/aromatic N) is 3. The van der Waals surface area contributed by atoms with Gasteiger partial charge in [0.25, 0.3) is 5.91 Å². The second-order valence-corrected chi connectivity index (χ2v) is 6.34. The molecule has 0 spiro atoms. The number of anilines is 1. The third kappa shape index (κ3) is 3.74. The van der Waals surface area contributed by atoms with Crippen LogP contribution < -0.4 is 10.6 Å². The number of amides is 3. The Morgan fingerprint density at radius 1 is 1.31 bits per heavy atom. The zero-order chi connectivity index (χ0) is 18.7. The lowest BCUT2D eigenvalue weighted by atomic mass is 9.90. The fourth-order valence-electron chi connectivity index (χ4n) is 2.84. The van der Waals surface area contributed by atoms with Crippen molar-refractivity contribution >= 4 is 23.5 Å². The Morgan fingerprint density at radius 2 is 2.08 bits per heavy atom. The van der Waals surface area contributed by atoms with E-state index in [1.165, 1.54) is 4.90 Å². The van der Waals surface area contributed by atoms with Crippen molar-refractivity contribution in [3.63, 3.8) is 0 Å². The quantitative estimate of drug-likeness (QED) is 0.830. The first-order valence-electron chi connectivity index (χ1n) is 8.37. The molecule has 1 aliphatic heterocycles. The second-order valence-electron chi connectivity index (χ2n) is 6.34. The van der Waals surface area contributed by atoms with E-state index in [1.54, 1.807) is 49.2 Å². The number of carbonyl (C=O) groups is 3. The molecule has 3 amide bonds. The molecule has 1 aliphatic rings. The van der Waals surface area contributed by atoms with Gasteiger partial charge in [-0.1, -0.05) is 18.2 Å². The van der Waals surface area contributed by atoms with Gasteiger partial charge in [0.05, 0.1) is 5.92 Å². The van der Waals surface area contributed by atoms with Gasteiger partial charge in [0.2, 0.25) is 11.8 Å². The van der Waals surface area contributed by atoms with Crippen molar-refractivity contribution in [1.29, 1.82) is 0 Å². The number of benzene rings is 1. The highest BCUT2D eigenvalue weighted by Gasteiger charge is 2.30. The molecular formula is C18H21N5O3. The van der Waals surface area contributed by atoms with Crippen LogP contribution in [0.15, 0.2) is 36.5 Å². The van der Waals surface area contributed by atoms with Gasteiger partial charge in [-0.15, -0.1) is 0 Å². The number of nitrogens with one attached hydrogen (secondary N) is 2. The summed E-state index contributed by atoms with van der Waals surface area (Å²) >= 11 is 0. The fourth-order valence-corrected chi connectivity index (χ4v) is 2.84. The molecule has 0 saturated carbocycles. The maximum absolute atomic E-state index is 12.6. The molecule has 8 nitrogen and oxygen atoms in total. The lowest BCUT2D eigenvalue weighted by molar-refractivity contribution is -0.129. The summed E-state index contributed by atoms with van der Waals surface area (Å²) in [4.78, 5) is 37.7. The summed E-state index contributed by atoms with van der Waals surface area (Å²) in [5, 5.41) is 9.79. The van der Waals surface area contributed by atoms with Crippen molar-refractivity contribution in [1.82, 2.24) is 20.0 Å². The summed E-state index contributed by atoms with van der Waals surface area (Å²) in [6, 6.07) is 8.78. The third-order valence-electron chi connectivity index (χ3n) is 4.31. The molecule has 26 heavy (non-hydrogen) atoms. The maximum Gasteiger partial charge on any atom is 0.251 e. The van der Waals surface area contributed by atoms with Gasteiger partial charge in [-0.25, -0.2) is 0 Å². The van der Waals surface area contributed by atoms with Crippen LogP contribution in [0.5, 0.6) is 0 Å². The maximum atomic E-state index is 12.6. The summed E-state index contributed by atoms with van der Waals surface area (Å²) in [7, 11) is 3.41. The highest BCUT2D eigenvalue weighted by molar-refractivity contribution is 6.03. The van der Waals surface area contributed by atoms with Crippen LogP contribution in [0.25, 0.3) is 0 Å². The van der Waals surface area contributed by atoms with Crippen LogP contribution in [0, 0.1) is 0 Å². The number of hydrogen-bond acceptors (Lipinski definition) is 4. The number of hydrogen-bond donors (Lipinski definition) is 2. The van der Waals surface area contributed by atoms with Gasteiger partial charge in [0.1, 0.15) is 0 Å². The zero-order valence-corrected chi connectivity index (χ0v) is 14.7. The van der Waals surface area contributed by atoms with Crippen LogP contribution in [0.4, 0.5) is 5.82 Å². The van der Waals surface area contributed by atoms with Crippen molar-refractivity contribution in [3.8, 4) is 0 Å². The average Bonchev–Trinajstić information content (AvgIpc) is 3.07. The van der Waals surface area contributed by atoms with E-state index in [9.17, 15) is 14.4 Å². The van der Waals surface area contributed by atoms with Gasteiger partial charge < -0.3 is 15.5 Å². The summed E-state index contributed by atoms with van der Waals surface area (Å²) in [5.74, 6) is -0.432. The lowest BCUT2D eigenvalue weighted by Crippen LogP contribution is -2.40. The molecule has 0 radical (unpaired) electrons. The van der Waals surface area contributed by atoms with E-state index < -0.39 is 5.92 Å². The van der Waals surface area contributed by atoms with Crippen LogP contribution in [0.3, 0.4) is 0 Å². The molecule has 2 N–H and O–H groups in total. The van der Waals surface area contributed by atoms with Crippen molar-refractivity contribution in [2.24, 2.45) is 0 Å². The standard InChI is InChI=1S/C18H21N5O3/c1-22(2)16(24)8-10-23-9-7-15(21-23)20-18(26)14-11-19-17(25)13-6-4-3-5-12(13)14/h3-7,9,14H,8,10-11H2,1-2H3,(H,19,25)(H,20,21,26). The van der Waals surface area contributed by atoms with E-state index in [0.29, 0.717) is 29.9 Å². The largest absolute Gasteiger partial charge is 0.351 e. The molecule has 0 bridgehead atoms. The average molecular weight is 355 g/mol. The predicted octanol–water partition coefficient (Wildman–Crippen LogP) is 0.827. The first-order chi connectivity index (χ1) is 12.5. The topological polar surface area (TPSA) is 96.3 Å². The Labute approximate surface area is 151 Å². The minimum Gasteiger partial charge on any atom is -0.351 e. The van der Waals surface area contributed by atoms with Crippen LogP contribution in [0.2, 0.25) is 0 Å². The highest BCUT2D eigenvalue weighted by atomic mass is 16.2. The molecule has 1 atom stereocenters. The van der Waals surface area contributed by atoms with Gasteiger partial charge in [-0.05, 0) is 11.6 Å². The van der Waals surface area contributed by atoms with Gasteiger partial charge in [0.15, 0.2) is 5.82 Å². The Hall–Kier alpha value is -3.16. The predicted molar refractivity (Wildman–Crippen MR) is 95.7 cm³/mol. The van der Waals surface area contributed by atoms with Crippen LogP contribution >= 0.6 is 0 Å². The minimum atomic E-state index is -0.468. The van der Waals surface area contributed by atoms with Gasteiger partial charge in [-0.2, -0.15) is 5.10 Å². The van der Waals surface area contributed by atoms with E-state index in [-0.39, 0.29) is 24.3 Å². The lowest BCUT2D eigenvalue weighted by Gasteiger charge is -2.24. The normalized spacial score (nSPS) is 15.8. The molecule has 3 rings (SSSR count). The smallest absolute Gasteiger partial charge is 0.251 e. The van der Waals surface area contributed by atoms with E-state index in [0.717, 1.165) is 0 Å². The number of aromatic nitrogens is 2. The van der Waals surface area contributed by atoms with Crippen LogP contribution in [0.1, 0.15) is 28.3 Å². The van der Waals surface area contributed by atoms with Crippen molar-refractivity contribution in [3.05, 3.63) is 47.7 Å². The Kier molecular flexibility index (Phi) is 5.01. The first-order valence-corrected chi connectivity index (χ1v) is 8.37.